The molecule has 4 aliphatic rings. The largest absolute Gasteiger partial charge is 0.293 e. The number of carbonyl (C=O) groups is 1. The van der Waals surface area contributed by atoms with E-state index in [9.17, 15) is 4.79 Å². The summed E-state index contributed by atoms with van der Waals surface area (Å²) in [6.45, 7) is 0. The molecule has 0 radical (unpaired) electrons. The standard InChI is InChI=1S/C25H20O.C25H24/c26-24-22-13-7-5-11-20(22)17-25(24,16-18-8-2-1-3-9-18)23-15-14-19-10-4-6-12-21(19)23;1-2-8-19(9-3-1)16-25(17-21-11-4-5-12-22(21)18-25)24-15-14-20-10-6-7-13-23(20)24/h1-13,15H,14,16-17H2;1-13,24H,14-18H2. The molecule has 0 aliphatic heterocycles. The quantitative estimate of drug-likeness (QED) is 0.174. The third-order valence-corrected chi connectivity index (χ3v) is 12.4. The first-order chi connectivity index (χ1) is 25.1. The van der Waals surface area contributed by atoms with Crippen LogP contribution in [-0.4, -0.2) is 5.78 Å². The molecule has 2 unspecified atom stereocenters. The van der Waals surface area contributed by atoms with Gasteiger partial charge in [-0.1, -0.05) is 164 Å². The molecule has 0 aromatic heterocycles. The minimum Gasteiger partial charge on any atom is -0.293 e. The molecule has 0 spiro atoms. The van der Waals surface area contributed by atoms with E-state index in [1.54, 1.807) is 22.3 Å². The van der Waals surface area contributed by atoms with Gasteiger partial charge in [0.25, 0.3) is 0 Å². The highest BCUT2D eigenvalue weighted by molar-refractivity contribution is 6.12. The summed E-state index contributed by atoms with van der Waals surface area (Å²) in [5, 5.41) is 0. The first kappa shape index (κ1) is 31.7. The van der Waals surface area contributed by atoms with E-state index in [0.29, 0.717) is 11.3 Å². The molecule has 250 valence electrons. The molecule has 0 bridgehead atoms. The average Bonchev–Trinajstić information content (AvgIpc) is 3.96. The minimum atomic E-state index is -0.488. The first-order valence-electron chi connectivity index (χ1n) is 18.8. The smallest absolute Gasteiger partial charge is 0.174 e. The lowest BCUT2D eigenvalue weighted by molar-refractivity contribution is 0.0884. The van der Waals surface area contributed by atoms with E-state index in [-0.39, 0.29) is 5.78 Å². The Morgan fingerprint density at radius 2 is 1.02 bits per heavy atom. The van der Waals surface area contributed by atoms with Gasteiger partial charge in [0.15, 0.2) is 5.78 Å². The van der Waals surface area contributed by atoms with Crippen LogP contribution < -0.4 is 0 Å². The zero-order valence-electron chi connectivity index (χ0n) is 29.2. The van der Waals surface area contributed by atoms with Gasteiger partial charge in [0.1, 0.15) is 0 Å². The van der Waals surface area contributed by atoms with Gasteiger partial charge in [-0.05, 0) is 118 Å². The van der Waals surface area contributed by atoms with Crippen molar-refractivity contribution in [2.75, 3.05) is 0 Å². The van der Waals surface area contributed by atoms with Crippen molar-refractivity contribution in [1.82, 2.24) is 0 Å². The number of hydrogen-bond acceptors (Lipinski definition) is 1. The molecular formula is C50H44O. The first-order valence-corrected chi connectivity index (χ1v) is 18.8. The van der Waals surface area contributed by atoms with E-state index in [0.717, 1.165) is 24.8 Å². The summed E-state index contributed by atoms with van der Waals surface area (Å²) in [5.41, 5.74) is 14.8. The molecule has 2 atom stereocenters. The second-order valence-electron chi connectivity index (χ2n) is 15.3. The number of allylic oxidation sites excluding steroid dienone is 2. The Balaban J connectivity index is 0.000000137. The van der Waals surface area contributed by atoms with Gasteiger partial charge in [-0.3, -0.25) is 4.79 Å². The molecule has 0 amide bonds. The predicted molar refractivity (Wildman–Crippen MR) is 209 cm³/mol. The monoisotopic (exact) mass is 660 g/mol. The van der Waals surface area contributed by atoms with Crippen molar-refractivity contribution in [1.29, 1.82) is 0 Å². The van der Waals surface area contributed by atoms with E-state index in [1.807, 2.05) is 24.3 Å². The van der Waals surface area contributed by atoms with Gasteiger partial charge < -0.3 is 0 Å². The summed E-state index contributed by atoms with van der Waals surface area (Å²) in [5.74, 6) is 0.955. The molecule has 0 fully saturated rings. The van der Waals surface area contributed by atoms with Gasteiger partial charge in [-0.15, -0.1) is 0 Å². The molecule has 10 rings (SSSR count). The zero-order chi connectivity index (χ0) is 34.3. The van der Waals surface area contributed by atoms with Crippen LogP contribution in [0.15, 0.2) is 164 Å². The number of carbonyl (C=O) groups excluding carboxylic acids is 1. The number of fused-ring (bicyclic) bond motifs is 4. The van der Waals surface area contributed by atoms with Gasteiger partial charge in [-0.2, -0.15) is 0 Å². The Bertz CT molecular complexity index is 2220. The summed E-state index contributed by atoms with van der Waals surface area (Å²) >= 11 is 0. The fourth-order valence-electron chi connectivity index (χ4n) is 10.1. The highest BCUT2D eigenvalue weighted by Gasteiger charge is 2.49. The van der Waals surface area contributed by atoms with Crippen molar-refractivity contribution in [3.8, 4) is 0 Å². The van der Waals surface area contributed by atoms with Crippen molar-refractivity contribution in [3.63, 3.8) is 0 Å². The van der Waals surface area contributed by atoms with Crippen molar-refractivity contribution in [2.45, 2.75) is 57.3 Å². The molecule has 0 N–H and O–H groups in total. The summed E-state index contributed by atoms with van der Waals surface area (Å²) < 4.78 is 0. The maximum absolute atomic E-state index is 13.7. The molecule has 6 aromatic carbocycles. The van der Waals surface area contributed by atoms with Crippen LogP contribution in [-0.2, 0) is 44.9 Å². The summed E-state index contributed by atoms with van der Waals surface area (Å²) in [6, 6.07) is 56.5. The van der Waals surface area contributed by atoms with Crippen LogP contribution in [0.4, 0.5) is 0 Å². The van der Waals surface area contributed by atoms with Gasteiger partial charge in [0, 0.05) is 5.56 Å². The third-order valence-electron chi connectivity index (χ3n) is 12.4. The van der Waals surface area contributed by atoms with Crippen LogP contribution in [0.25, 0.3) is 5.57 Å². The van der Waals surface area contributed by atoms with Crippen molar-refractivity contribution in [2.24, 2.45) is 10.8 Å². The summed E-state index contributed by atoms with van der Waals surface area (Å²) in [4.78, 5) is 13.7. The van der Waals surface area contributed by atoms with Crippen LogP contribution in [0.5, 0.6) is 0 Å². The fraction of sp³-hybridized carbons (Fsp3) is 0.220. The zero-order valence-corrected chi connectivity index (χ0v) is 29.2. The molecule has 0 saturated heterocycles. The molecule has 4 aliphatic carbocycles. The van der Waals surface area contributed by atoms with Gasteiger partial charge in [0.2, 0.25) is 0 Å². The number of benzene rings is 6. The SMILES string of the molecule is O=C1c2ccccc2CC1(Cc1ccccc1)C1=CCc2ccccc21.c1ccc(CC2(C3CCc4ccccc43)Cc3ccccc3C2)cc1. The lowest BCUT2D eigenvalue weighted by atomic mass is 9.67. The molecular weight excluding hydrogens is 617 g/mol. The Hall–Kier alpha value is -5.27. The second kappa shape index (κ2) is 13.1. The van der Waals surface area contributed by atoms with Crippen LogP contribution in [0.1, 0.15) is 72.8 Å². The van der Waals surface area contributed by atoms with Gasteiger partial charge in [-0.25, -0.2) is 0 Å². The normalized spacial score (nSPS) is 20.4. The van der Waals surface area contributed by atoms with Gasteiger partial charge >= 0.3 is 0 Å². The highest BCUT2D eigenvalue weighted by atomic mass is 16.1. The fourth-order valence-corrected chi connectivity index (χ4v) is 10.1. The van der Waals surface area contributed by atoms with Crippen molar-refractivity contribution >= 4 is 11.4 Å². The number of rotatable bonds is 6. The van der Waals surface area contributed by atoms with Crippen LogP contribution in [0.2, 0.25) is 0 Å². The number of aryl methyl sites for hydroxylation is 1. The molecule has 51 heavy (non-hydrogen) atoms. The lowest BCUT2D eigenvalue weighted by Crippen LogP contribution is -2.32. The van der Waals surface area contributed by atoms with Crippen LogP contribution >= 0.6 is 0 Å². The van der Waals surface area contributed by atoms with E-state index in [4.69, 9.17) is 0 Å². The summed E-state index contributed by atoms with van der Waals surface area (Å²) in [7, 11) is 0. The number of Topliss-reactive ketones (excluding diaryl/α,β-unsaturated/α-hetero) is 1. The number of hydrogen-bond donors (Lipinski definition) is 0. The molecule has 1 heteroatoms. The Morgan fingerprint density at radius 1 is 0.490 bits per heavy atom. The predicted octanol–water partition coefficient (Wildman–Crippen LogP) is 11.0. The van der Waals surface area contributed by atoms with Crippen LogP contribution in [0, 0.1) is 10.8 Å². The second-order valence-corrected chi connectivity index (χ2v) is 15.3. The minimum absolute atomic E-state index is 0.278. The van der Waals surface area contributed by atoms with E-state index >= 15 is 0 Å². The number of ketones is 1. The Labute approximate surface area is 302 Å². The maximum Gasteiger partial charge on any atom is 0.174 e. The molecule has 0 saturated carbocycles. The topological polar surface area (TPSA) is 17.1 Å². The van der Waals surface area contributed by atoms with E-state index in [1.165, 1.54) is 65.5 Å². The van der Waals surface area contributed by atoms with E-state index in [2.05, 4.69) is 140 Å². The Kier molecular flexibility index (Phi) is 8.16. The maximum atomic E-state index is 13.7. The molecule has 0 heterocycles. The average molecular weight is 661 g/mol. The van der Waals surface area contributed by atoms with Crippen molar-refractivity contribution in [3.05, 3.63) is 219 Å². The molecule has 1 nitrogen and oxygen atoms in total. The Morgan fingerprint density at radius 3 is 1.69 bits per heavy atom. The summed E-state index contributed by atoms with van der Waals surface area (Å²) in [6.07, 6.45) is 10.9. The molecule has 6 aromatic rings. The van der Waals surface area contributed by atoms with Crippen molar-refractivity contribution < 1.29 is 4.79 Å². The third kappa shape index (κ3) is 5.70. The van der Waals surface area contributed by atoms with E-state index < -0.39 is 5.41 Å². The highest BCUT2D eigenvalue weighted by Crippen LogP contribution is 2.54. The van der Waals surface area contributed by atoms with Gasteiger partial charge in [0.05, 0.1) is 5.41 Å². The lowest BCUT2D eigenvalue weighted by Gasteiger charge is -2.37. The van der Waals surface area contributed by atoms with Crippen LogP contribution in [0.3, 0.4) is 0 Å².